The lowest BCUT2D eigenvalue weighted by Crippen LogP contribution is -2.29. The highest BCUT2D eigenvalue weighted by Gasteiger charge is 2.09. The molecule has 5 heteroatoms. The number of nitrogens with two attached hydrogens (primary N) is 2. The molecule has 0 aliphatic carbocycles. The molecule has 0 spiro atoms. The highest BCUT2D eigenvalue weighted by atomic mass is 16.1. The highest BCUT2D eigenvalue weighted by Crippen LogP contribution is 2.15. The Morgan fingerprint density at radius 1 is 1.30 bits per heavy atom. The second kappa shape index (κ2) is 7.75. The molecule has 0 aliphatic rings. The van der Waals surface area contributed by atoms with E-state index in [1.54, 1.807) is 18.2 Å². The number of anilines is 2. The van der Waals surface area contributed by atoms with Crippen molar-refractivity contribution in [2.75, 3.05) is 31.6 Å². The van der Waals surface area contributed by atoms with Crippen LogP contribution in [0.1, 0.15) is 37.0 Å². The molecule has 0 fully saturated rings. The van der Waals surface area contributed by atoms with Gasteiger partial charge in [0.15, 0.2) is 0 Å². The van der Waals surface area contributed by atoms with Crippen molar-refractivity contribution in [1.29, 1.82) is 0 Å². The Balaban J connectivity index is 2.30. The number of amides is 1. The molecule has 1 aromatic carbocycles. The van der Waals surface area contributed by atoms with Crippen molar-refractivity contribution < 1.29 is 4.79 Å². The molecule has 0 bridgehead atoms. The SMILES string of the molecule is CC(C)N(C)CCCCNC(=O)c1ccc(N)cc1N. The van der Waals surface area contributed by atoms with Gasteiger partial charge in [-0.1, -0.05) is 0 Å². The minimum atomic E-state index is -0.139. The Labute approximate surface area is 121 Å². The predicted octanol–water partition coefficient (Wildman–Crippen LogP) is 1.70. The van der Waals surface area contributed by atoms with Crippen LogP contribution in [0.15, 0.2) is 18.2 Å². The normalized spacial score (nSPS) is 11.1. The molecular weight excluding hydrogens is 252 g/mol. The van der Waals surface area contributed by atoms with Gasteiger partial charge in [0.2, 0.25) is 0 Å². The number of hydrogen-bond donors (Lipinski definition) is 3. The number of hydrogen-bond acceptors (Lipinski definition) is 4. The zero-order valence-electron chi connectivity index (χ0n) is 12.6. The number of nitrogen functional groups attached to an aromatic ring is 2. The fraction of sp³-hybridized carbons (Fsp3) is 0.533. The van der Waals surface area contributed by atoms with E-state index < -0.39 is 0 Å². The number of nitrogens with zero attached hydrogens (tertiary/aromatic N) is 1. The van der Waals surface area contributed by atoms with Crippen LogP contribution in [0.3, 0.4) is 0 Å². The number of carbonyl (C=O) groups is 1. The second-order valence-electron chi connectivity index (χ2n) is 5.38. The van der Waals surface area contributed by atoms with Gasteiger partial charge in [-0.2, -0.15) is 0 Å². The molecule has 0 unspecified atom stereocenters. The number of carbonyl (C=O) groups excluding carboxylic acids is 1. The minimum absolute atomic E-state index is 0.139. The summed E-state index contributed by atoms with van der Waals surface area (Å²) >= 11 is 0. The van der Waals surface area contributed by atoms with Crippen LogP contribution in [0.5, 0.6) is 0 Å². The fourth-order valence-corrected chi connectivity index (χ4v) is 1.83. The van der Waals surface area contributed by atoms with Crippen molar-refractivity contribution in [3.8, 4) is 0 Å². The molecule has 0 aromatic heterocycles. The Morgan fingerprint density at radius 2 is 2.00 bits per heavy atom. The minimum Gasteiger partial charge on any atom is -0.399 e. The molecule has 5 N–H and O–H groups in total. The monoisotopic (exact) mass is 278 g/mol. The number of unbranched alkanes of at least 4 members (excludes halogenated alkanes) is 1. The molecule has 0 saturated heterocycles. The molecule has 0 aliphatic heterocycles. The van der Waals surface area contributed by atoms with Gasteiger partial charge >= 0.3 is 0 Å². The van der Waals surface area contributed by atoms with Crippen LogP contribution in [-0.4, -0.2) is 37.0 Å². The molecule has 1 aromatic rings. The van der Waals surface area contributed by atoms with E-state index in [4.69, 9.17) is 11.5 Å². The molecule has 5 nitrogen and oxygen atoms in total. The number of rotatable bonds is 7. The van der Waals surface area contributed by atoms with Crippen molar-refractivity contribution in [2.45, 2.75) is 32.7 Å². The zero-order valence-corrected chi connectivity index (χ0v) is 12.6. The summed E-state index contributed by atoms with van der Waals surface area (Å²) in [6, 6.07) is 5.50. The van der Waals surface area contributed by atoms with E-state index in [2.05, 4.69) is 31.1 Å². The Hall–Kier alpha value is -1.75. The zero-order chi connectivity index (χ0) is 15.1. The average molecular weight is 278 g/mol. The van der Waals surface area contributed by atoms with Gasteiger partial charge in [-0.05, 0) is 58.5 Å². The fourth-order valence-electron chi connectivity index (χ4n) is 1.83. The summed E-state index contributed by atoms with van der Waals surface area (Å²) in [5.74, 6) is -0.139. The van der Waals surface area contributed by atoms with Crippen LogP contribution in [0.2, 0.25) is 0 Å². The first-order valence-corrected chi connectivity index (χ1v) is 7.05. The maximum Gasteiger partial charge on any atom is 0.253 e. The molecule has 112 valence electrons. The summed E-state index contributed by atoms with van der Waals surface area (Å²) in [4.78, 5) is 14.2. The lowest BCUT2D eigenvalue weighted by molar-refractivity contribution is 0.0953. The van der Waals surface area contributed by atoms with Crippen LogP contribution < -0.4 is 16.8 Å². The topological polar surface area (TPSA) is 84.4 Å². The summed E-state index contributed by atoms with van der Waals surface area (Å²) in [5, 5.41) is 2.88. The molecule has 0 saturated carbocycles. The average Bonchev–Trinajstić information content (AvgIpc) is 2.37. The van der Waals surface area contributed by atoms with Crippen molar-refractivity contribution >= 4 is 17.3 Å². The third-order valence-corrected chi connectivity index (χ3v) is 3.42. The van der Waals surface area contributed by atoms with Gasteiger partial charge < -0.3 is 21.7 Å². The highest BCUT2D eigenvalue weighted by molar-refractivity contribution is 5.99. The van der Waals surface area contributed by atoms with Crippen LogP contribution in [-0.2, 0) is 0 Å². The largest absolute Gasteiger partial charge is 0.399 e. The third kappa shape index (κ3) is 5.09. The van der Waals surface area contributed by atoms with Crippen LogP contribution >= 0.6 is 0 Å². The Kier molecular flexibility index (Phi) is 6.31. The maximum atomic E-state index is 11.9. The van der Waals surface area contributed by atoms with Gasteiger partial charge in [-0.25, -0.2) is 0 Å². The van der Waals surface area contributed by atoms with Crippen molar-refractivity contribution in [3.63, 3.8) is 0 Å². The molecular formula is C15H26N4O. The molecule has 1 amide bonds. The van der Waals surface area contributed by atoms with Gasteiger partial charge in [0.25, 0.3) is 5.91 Å². The van der Waals surface area contributed by atoms with E-state index in [1.807, 2.05) is 0 Å². The van der Waals surface area contributed by atoms with E-state index in [-0.39, 0.29) is 5.91 Å². The van der Waals surface area contributed by atoms with Crippen molar-refractivity contribution in [2.24, 2.45) is 0 Å². The van der Waals surface area contributed by atoms with E-state index in [1.165, 1.54) is 0 Å². The Morgan fingerprint density at radius 3 is 2.60 bits per heavy atom. The van der Waals surface area contributed by atoms with E-state index in [0.29, 0.717) is 29.5 Å². The van der Waals surface area contributed by atoms with Gasteiger partial charge in [0.05, 0.1) is 5.56 Å². The van der Waals surface area contributed by atoms with Gasteiger partial charge in [0, 0.05) is 24.0 Å². The molecule has 0 atom stereocenters. The van der Waals surface area contributed by atoms with Crippen LogP contribution in [0, 0.1) is 0 Å². The standard InChI is InChI=1S/C15H26N4O/c1-11(2)19(3)9-5-4-8-18-15(20)13-7-6-12(16)10-14(13)17/h6-7,10-11H,4-5,8-9,16-17H2,1-3H3,(H,18,20). The van der Waals surface area contributed by atoms with E-state index >= 15 is 0 Å². The van der Waals surface area contributed by atoms with Gasteiger partial charge in [-0.15, -0.1) is 0 Å². The van der Waals surface area contributed by atoms with Crippen LogP contribution in [0.4, 0.5) is 11.4 Å². The van der Waals surface area contributed by atoms with Crippen LogP contribution in [0.25, 0.3) is 0 Å². The molecule has 1 rings (SSSR count). The number of benzene rings is 1. The second-order valence-corrected chi connectivity index (χ2v) is 5.38. The van der Waals surface area contributed by atoms with E-state index in [0.717, 1.165) is 19.4 Å². The first kappa shape index (κ1) is 16.3. The predicted molar refractivity (Wildman–Crippen MR) is 84.6 cm³/mol. The summed E-state index contributed by atoms with van der Waals surface area (Å²) in [7, 11) is 2.11. The van der Waals surface area contributed by atoms with E-state index in [9.17, 15) is 4.79 Å². The smallest absolute Gasteiger partial charge is 0.253 e. The summed E-state index contributed by atoms with van der Waals surface area (Å²) in [6.07, 6.45) is 2.02. The van der Waals surface area contributed by atoms with Gasteiger partial charge in [0.1, 0.15) is 0 Å². The molecule has 20 heavy (non-hydrogen) atoms. The maximum absolute atomic E-state index is 11.9. The summed E-state index contributed by atoms with van der Waals surface area (Å²) in [6.45, 7) is 6.05. The lowest BCUT2D eigenvalue weighted by atomic mass is 10.1. The van der Waals surface area contributed by atoms with Crippen molar-refractivity contribution in [1.82, 2.24) is 10.2 Å². The van der Waals surface area contributed by atoms with Crippen molar-refractivity contribution in [3.05, 3.63) is 23.8 Å². The quantitative estimate of drug-likeness (QED) is 0.523. The first-order chi connectivity index (χ1) is 9.41. The van der Waals surface area contributed by atoms with Gasteiger partial charge in [-0.3, -0.25) is 4.79 Å². The lowest BCUT2D eigenvalue weighted by Gasteiger charge is -2.20. The summed E-state index contributed by atoms with van der Waals surface area (Å²) in [5.41, 5.74) is 12.9. The summed E-state index contributed by atoms with van der Waals surface area (Å²) < 4.78 is 0. The number of nitrogens with one attached hydrogen (secondary N) is 1. The Bertz CT molecular complexity index is 445. The molecule has 0 heterocycles. The third-order valence-electron chi connectivity index (χ3n) is 3.42. The molecule has 0 radical (unpaired) electrons. The first-order valence-electron chi connectivity index (χ1n) is 7.05.